The molecule has 0 fully saturated rings. The van der Waals surface area contributed by atoms with Gasteiger partial charge in [-0.2, -0.15) is 0 Å². The molecule has 0 bridgehead atoms. The molecular weight excluding hydrogens is 325 g/mol. The number of benzene rings is 1. The van der Waals surface area contributed by atoms with Crippen molar-refractivity contribution in [2.45, 2.75) is 39.3 Å². The van der Waals surface area contributed by atoms with Crippen molar-refractivity contribution in [1.82, 2.24) is 16.0 Å². The SMILES string of the molecule is C[C@@H](NCC(=O)NC(=O)NC(C)(C)C)c1ccc(Cl)cc1Cl. The van der Waals surface area contributed by atoms with Gasteiger partial charge in [0.2, 0.25) is 5.91 Å². The van der Waals surface area contributed by atoms with Gasteiger partial charge in [0.25, 0.3) is 0 Å². The first-order valence-corrected chi connectivity index (χ1v) is 7.64. The molecule has 22 heavy (non-hydrogen) atoms. The molecule has 7 heteroatoms. The van der Waals surface area contributed by atoms with Gasteiger partial charge in [-0.1, -0.05) is 29.3 Å². The highest BCUT2D eigenvalue weighted by atomic mass is 35.5. The molecule has 0 heterocycles. The molecule has 0 radical (unpaired) electrons. The Morgan fingerprint density at radius 1 is 1.23 bits per heavy atom. The van der Waals surface area contributed by atoms with Crippen molar-refractivity contribution >= 4 is 35.1 Å². The number of amides is 3. The number of rotatable bonds is 4. The van der Waals surface area contributed by atoms with Crippen LogP contribution in [0.4, 0.5) is 4.79 Å². The lowest BCUT2D eigenvalue weighted by atomic mass is 10.1. The Morgan fingerprint density at radius 3 is 2.41 bits per heavy atom. The van der Waals surface area contributed by atoms with Gasteiger partial charge in [0.15, 0.2) is 0 Å². The summed E-state index contributed by atoms with van der Waals surface area (Å²) in [6.07, 6.45) is 0. The van der Waals surface area contributed by atoms with Crippen LogP contribution in [0.2, 0.25) is 10.0 Å². The third kappa shape index (κ3) is 6.64. The van der Waals surface area contributed by atoms with E-state index in [0.29, 0.717) is 10.0 Å². The standard InChI is InChI=1S/C15H21Cl2N3O2/c1-9(11-6-5-10(16)7-12(11)17)18-8-13(21)19-14(22)20-15(2,3)4/h5-7,9,18H,8H2,1-4H3,(H2,19,20,21,22)/t9-/m1/s1. The van der Waals surface area contributed by atoms with E-state index in [1.165, 1.54) is 0 Å². The van der Waals surface area contributed by atoms with E-state index in [9.17, 15) is 9.59 Å². The molecule has 1 rings (SSSR count). The van der Waals surface area contributed by atoms with Crippen molar-refractivity contribution in [3.05, 3.63) is 33.8 Å². The van der Waals surface area contributed by atoms with E-state index in [1.807, 2.05) is 27.7 Å². The fourth-order valence-corrected chi connectivity index (χ4v) is 2.32. The van der Waals surface area contributed by atoms with Gasteiger partial charge in [0.1, 0.15) is 0 Å². The number of urea groups is 1. The van der Waals surface area contributed by atoms with Gasteiger partial charge in [0, 0.05) is 21.6 Å². The van der Waals surface area contributed by atoms with E-state index in [4.69, 9.17) is 23.2 Å². The smallest absolute Gasteiger partial charge is 0.321 e. The van der Waals surface area contributed by atoms with E-state index < -0.39 is 17.5 Å². The quantitative estimate of drug-likeness (QED) is 0.784. The molecular formula is C15H21Cl2N3O2. The highest BCUT2D eigenvalue weighted by molar-refractivity contribution is 6.35. The molecule has 0 aliphatic heterocycles. The lowest BCUT2D eigenvalue weighted by molar-refractivity contribution is -0.119. The number of hydrogen-bond acceptors (Lipinski definition) is 3. The van der Waals surface area contributed by atoms with Gasteiger partial charge < -0.3 is 10.6 Å². The summed E-state index contributed by atoms with van der Waals surface area (Å²) < 4.78 is 0. The van der Waals surface area contributed by atoms with Crippen LogP contribution in [0.3, 0.4) is 0 Å². The van der Waals surface area contributed by atoms with Gasteiger partial charge in [-0.3, -0.25) is 10.1 Å². The summed E-state index contributed by atoms with van der Waals surface area (Å²) in [6, 6.07) is 4.51. The predicted octanol–water partition coefficient (Wildman–Crippen LogP) is 3.27. The summed E-state index contributed by atoms with van der Waals surface area (Å²) in [4.78, 5) is 23.3. The summed E-state index contributed by atoms with van der Waals surface area (Å²) in [6.45, 7) is 7.37. The van der Waals surface area contributed by atoms with Crippen molar-refractivity contribution in [2.75, 3.05) is 6.54 Å². The molecule has 0 spiro atoms. The number of carbonyl (C=O) groups is 2. The maximum Gasteiger partial charge on any atom is 0.321 e. The number of carbonyl (C=O) groups excluding carboxylic acids is 2. The van der Waals surface area contributed by atoms with Crippen molar-refractivity contribution in [3.8, 4) is 0 Å². The summed E-state index contributed by atoms with van der Waals surface area (Å²) in [7, 11) is 0. The van der Waals surface area contributed by atoms with Crippen LogP contribution in [0.15, 0.2) is 18.2 Å². The molecule has 5 nitrogen and oxygen atoms in total. The molecule has 1 atom stereocenters. The monoisotopic (exact) mass is 345 g/mol. The van der Waals surface area contributed by atoms with E-state index in [0.717, 1.165) is 5.56 Å². The van der Waals surface area contributed by atoms with Gasteiger partial charge >= 0.3 is 6.03 Å². The number of nitrogens with one attached hydrogen (secondary N) is 3. The normalized spacial score (nSPS) is 12.6. The van der Waals surface area contributed by atoms with Crippen LogP contribution < -0.4 is 16.0 Å². The van der Waals surface area contributed by atoms with Crippen LogP contribution in [-0.2, 0) is 4.79 Å². The third-order valence-electron chi connectivity index (χ3n) is 2.74. The first-order chi connectivity index (χ1) is 10.1. The molecule has 0 saturated heterocycles. The fourth-order valence-electron chi connectivity index (χ4n) is 1.75. The Kier molecular flexibility index (Phi) is 6.66. The fraction of sp³-hybridized carbons (Fsp3) is 0.467. The predicted molar refractivity (Wildman–Crippen MR) is 89.3 cm³/mol. The van der Waals surface area contributed by atoms with Crippen molar-refractivity contribution in [2.24, 2.45) is 0 Å². The lowest BCUT2D eigenvalue weighted by Gasteiger charge is -2.20. The Labute approximate surface area is 140 Å². The van der Waals surface area contributed by atoms with Crippen LogP contribution in [-0.4, -0.2) is 24.0 Å². The van der Waals surface area contributed by atoms with Crippen LogP contribution in [0.1, 0.15) is 39.3 Å². The van der Waals surface area contributed by atoms with Gasteiger partial charge in [-0.15, -0.1) is 0 Å². The van der Waals surface area contributed by atoms with Gasteiger partial charge in [-0.05, 0) is 45.4 Å². The second-order valence-electron chi connectivity index (χ2n) is 6.02. The Morgan fingerprint density at radius 2 is 1.86 bits per heavy atom. The summed E-state index contributed by atoms with van der Waals surface area (Å²) in [5.74, 6) is -0.418. The van der Waals surface area contributed by atoms with E-state index in [-0.39, 0.29) is 12.6 Å². The molecule has 122 valence electrons. The maximum absolute atomic E-state index is 11.7. The first kappa shape index (κ1) is 18.7. The molecule has 0 unspecified atom stereocenters. The molecule has 0 saturated carbocycles. The minimum Gasteiger partial charge on any atom is -0.333 e. The molecule has 0 aromatic heterocycles. The summed E-state index contributed by atoms with van der Waals surface area (Å²) >= 11 is 12.0. The minimum atomic E-state index is -0.517. The molecule has 3 N–H and O–H groups in total. The Hall–Kier alpha value is -1.30. The molecule has 3 amide bonds. The third-order valence-corrected chi connectivity index (χ3v) is 3.30. The van der Waals surface area contributed by atoms with E-state index in [1.54, 1.807) is 18.2 Å². The average molecular weight is 346 g/mol. The molecule has 1 aromatic rings. The number of imide groups is 1. The Balaban J connectivity index is 2.48. The zero-order valence-corrected chi connectivity index (χ0v) is 14.6. The van der Waals surface area contributed by atoms with Crippen LogP contribution in [0, 0.1) is 0 Å². The first-order valence-electron chi connectivity index (χ1n) is 6.89. The highest BCUT2D eigenvalue weighted by Crippen LogP contribution is 2.25. The zero-order chi connectivity index (χ0) is 16.9. The number of hydrogen-bond donors (Lipinski definition) is 3. The number of halogens is 2. The van der Waals surface area contributed by atoms with Crippen LogP contribution in [0.25, 0.3) is 0 Å². The zero-order valence-electron chi connectivity index (χ0n) is 13.1. The summed E-state index contributed by atoms with van der Waals surface area (Å²) in [5.41, 5.74) is 0.431. The minimum absolute atomic E-state index is 0.00230. The van der Waals surface area contributed by atoms with Crippen molar-refractivity contribution in [3.63, 3.8) is 0 Å². The maximum atomic E-state index is 11.7. The van der Waals surface area contributed by atoms with Gasteiger partial charge in [0.05, 0.1) is 6.54 Å². The van der Waals surface area contributed by atoms with Crippen molar-refractivity contribution < 1.29 is 9.59 Å². The second kappa shape index (κ2) is 7.81. The average Bonchev–Trinajstić information content (AvgIpc) is 2.33. The van der Waals surface area contributed by atoms with E-state index in [2.05, 4.69) is 16.0 Å². The molecule has 0 aliphatic carbocycles. The molecule has 0 aliphatic rings. The summed E-state index contributed by atoms with van der Waals surface area (Å²) in [5, 5.41) is 9.00. The topological polar surface area (TPSA) is 70.2 Å². The Bertz CT molecular complexity index is 556. The second-order valence-corrected chi connectivity index (χ2v) is 6.86. The van der Waals surface area contributed by atoms with Crippen molar-refractivity contribution in [1.29, 1.82) is 0 Å². The molecule has 1 aromatic carbocycles. The van der Waals surface area contributed by atoms with Crippen LogP contribution in [0.5, 0.6) is 0 Å². The van der Waals surface area contributed by atoms with Gasteiger partial charge in [-0.25, -0.2) is 4.79 Å². The highest BCUT2D eigenvalue weighted by Gasteiger charge is 2.16. The lowest BCUT2D eigenvalue weighted by Crippen LogP contribution is -2.50. The van der Waals surface area contributed by atoms with E-state index >= 15 is 0 Å². The largest absolute Gasteiger partial charge is 0.333 e. The van der Waals surface area contributed by atoms with Crippen LogP contribution >= 0.6 is 23.2 Å².